The molecular weight excluding hydrogens is 213 g/mol. The minimum Gasteiger partial charge on any atom is -0.279 e. The highest BCUT2D eigenvalue weighted by Crippen LogP contribution is 2.22. The zero-order valence-electron chi connectivity index (χ0n) is 5.90. The van der Waals surface area contributed by atoms with Gasteiger partial charge in [-0.2, -0.15) is 0 Å². The maximum absolute atomic E-state index is 12.5. The van der Waals surface area contributed by atoms with Gasteiger partial charge in [-0.25, -0.2) is 4.39 Å². The molecule has 1 aromatic rings. The summed E-state index contributed by atoms with van der Waals surface area (Å²) in [6.07, 6.45) is 0. The van der Waals surface area contributed by atoms with Crippen LogP contribution in [0.2, 0.25) is 0 Å². The zero-order chi connectivity index (χ0) is 8.27. The van der Waals surface area contributed by atoms with Gasteiger partial charge in [-0.3, -0.25) is 10.3 Å². The van der Waals surface area contributed by atoms with Gasteiger partial charge in [-0.15, -0.1) is 0 Å². The molecule has 0 aliphatic heterocycles. The maximum atomic E-state index is 12.5. The molecule has 11 heavy (non-hydrogen) atoms. The van der Waals surface area contributed by atoms with E-state index in [9.17, 15) is 4.39 Å². The second-order valence-corrected chi connectivity index (χ2v) is 2.78. The molecule has 2 nitrogen and oxygen atoms in total. The average molecular weight is 220 g/mol. The fourth-order valence-corrected chi connectivity index (χ4v) is 1.11. The Bertz CT molecular complexity index is 254. The summed E-state index contributed by atoms with van der Waals surface area (Å²) in [4.78, 5) is 4.65. The van der Waals surface area contributed by atoms with Gasteiger partial charge in [0.05, 0.1) is 12.8 Å². The Labute approximate surface area is 72.4 Å². The summed E-state index contributed by atoms with van der Waals surface area (Å²) >= 11 is 3.17. The molecule has 0 aliphatic carbocycles. The van der Waals surface area contributed by atoms with Crippen LogP contribution in [0, 0.1) is 5.82 Å². The van der Waals surface area contributed by atoms with Crippen molar-refractivity contribution in [1.82, 2.24) is 0 Å². The number of hydrogen-bond donors (Lipinski definition) is 1. The quantitative estimate of drug-likeness (QED) is 0.773. The Kier molecular flexibility index (Phi) is 2.84. The molecule has 0 bridgehead atoms. The van der Waals surface area contributed by atoms with Crippen LogP contribution >= 0.6 is 15.9 Å². The van der Waals surface area contributed by atoms with Crippen LogP contribution in [0.3, 0.4) is 0 Å². The van der Waals surface area contributed by atoms with E-state index in [0.29, 0.717) is 10.2 Å². The lowest BCUT2D eigenvalue weighted by molar-refractivity contribution is 0.270. The summed E-state index contributed by atoms with van der Waals surface area (Å²) in [6.45, 7) is 0. The van der Waals surface area contributed by atoms with Gasteiger partial charge < -0.3 is 0 Å². The van der Waals surface area contributed by atoms with Gasteiger partial charge in [0.2, 0.25) is 0 Å². The minimum atomic E-state index is -0.279. The van der Waals surface area contributed by atoms with Crippen LogP contribution in [-0.4, -0.2) is 7.11 Å². The highest BCUT2D eigenvalue weighted by Gasteiger charge is 1.98. The summed E-state index contributed by atoms with van der Waals surface area (Å²) in [5.41, 5.74) is 3.29. The molecule has 0 fully saturated rings. The van der Waals surface area contributed by atoms with Crippen molar-refractivity contribution in [3.05, 3.63) is 28.5 Å². The first-order chi connectivity index (χ1) is 5.24. The topological polar surface area (TPSA) is 21.3 Å². The zero-order valence-corrected chi connectivity index (χ0v) is 7.48. The fraction of sp³-hybridized carbons (Fsp3) is 0.143. The highest BCUT2D eigenvalue weighted by atomic mass is 79.9. The minimum absolute atomic E-state index is 0.279. The first kappa shape index (κ1) is 8.49. The van der Waals surface area contributed by atoms with E-state index in [1.807, 2.05) is 0 Å². The standard InChI is InChI=1S/C7H7BrFNO/c1-11-10-7-3-2-5(9)4-6(7)8/h2-4,10H,1H3. The lowest BCUT2D eigenvalue weighted by atomic mass is 10.3. The van der Waals surface area contributed by atoms with Crippen LogP contribution in [0.4, 0.5) is 10.1 Å². The summed E-state index contributed by atoms with van der Waals surface area (Å²) in [5.74, 6) is -0.279. The molecule has 0 unspecified atom stereocenters. The van der Waals surface area contributed by atoms with Crippen molar-refractivity contribution in [2.75, 3.05) is 12.6 Å². The Hall–Kier alpha value is -0.610. The molecule has 0 atom stereocenters. The first-order valence-electron chi connectivity index (χ1n) is 2.98. The van der Waals surface area contributed by atoms with Gasteiger partial charge >= 0.3 is 0 Å². The lowest BCUT2D eigenvalue weighted by Crippen LogP contribution is -1.96. The van der Waals surface area contributed by atoms with Crippen LogP contribution < -0.4 is 5.48 Å². The molecule has 60 valence electrons. The van der Waals surface area contributed by atoms with Gasteiger partial charge in [0.1, 0.15) is 5.82 Å². The van der Waals surface area contributed by atoms with Crippen molar-refractivity contribution in [1.29, 1.82) is 0 Å². The third-order valence-electron chi connectivity index (χ3n) is 1.14. The monoisotopic (exact) mass is 219 g/mol. The Morgan fingerprint density at radius 2 is 2.27 bits per heavy atom. The van der Waals surface area contributed by atoms with Gasteiger partial charge in [0, 0.05) is 4.47 Å². The highest BCUT2D eigenvalue weighted by molar-refractivity contribution is 9.10. The van der Waals surface area contributed by atoms with E-state index in [-0.39, 0.29) is 5.82 Å². The molecule has 0 heterocycles. The van der Waals surface area contributed by atoms with E-state index >= 15 is 0 Å². The maximum Gasteiger partial charge on any atom is 0.124 e. The normalized spacial score (nSPS) is 9.73. The first-order valence-corrected chi connectivity index (χ1v) is 3.77. The van der Waals surface area contributed by atoms with E-state index in [1.165, 1.54) is 19.2 Å². The van der Waals surface area contributed by atoms with E-state index in [4.69, 9.17) is 0 Å². The van der Waals surface area contributed by atoms with Crippen LogP contribution in [0.5, 0.6) is 0 Å². The number of halogens is 2. The summed E-state index contributed by atoms with van der Waals surface area (Å²) < 4.78 is 13.1. The van der Waals surface area contributed by atoms with E-state index in [0.717, 1.165) is 0 Å². The average Bonchev–Trinajstić information content (AvgIpc) is 1.95. The SMILES string of the molecule is CONc1ccc(F)cc1Br. The molecule has 1 aromatic carbocycles. The summed E-state index contributed by atoms with van der Waals surface area (Å²) in [7, 11) is 1.50. The van der Waals surface area contributed by atoms with Crippen LogP contribution in [0.1, 0.15) is 0 Å². The Morgan fingerprint density at radius 3 is 2.82 bits per heavy atom. The molecule has 1 N–H and O–H groups in total. The Morgan fingerprint density at radius 1 is 1.55 bits per heavy atom. The summed E-state index contributed by atoms with van der Waals surface area (Å²) in [5, 5.41) is 0. The second-order valence-electron chi connectivity index (χ2n) is 1.93. The molecule has 0 aromatic heterocycles. The number of rotatable bonds is 2. The molecule has 0 amide bonds. The number of nitrogens with one attached hydrogen (secondary N) is 1. The molecule has 0 radical (unpaired) electrons. The smallest absolute Gasteiger partial charge is 0.124 e. The van der Waals surface area contributed by atoms with E-state index in [1.54, 1.807) is 6.07 Å². The fourth-order valence-electron chi connectivity index (χ4n) is 0.682. The molecular formula is C7H7BrFNO. The number of benzene rings is 1. The molecule has 0 saturated heterocycles. The van der Waals surface area contributed by atoms with E-state index in [2.05, 4.69) is 26.2 Å². The lowest BCUT2D eigenvalue weighted by Gasteiger charge is -2.04. The van der Waals surface area contributed by atoms with Crippen molar-refractivity contribution in [2.24, 2.45) is 0 Å². The molecule has 0 saturated carbocycles. The largest absolute Gasteiger partial charge is 0.279 e. The van der Waals surface area contributed by atoms with Crippen LogP contribution in [0.25, 0.3) is 0 Å². The van der Waals surface area contributed by atoms with Crippen molar-refractivity contribution in [3.63, 3.8) is 0 Å². The molecule has 1 rings (SSSR count). The van der Waals surface area contributed by atoms with Crippen molar-refractivity contribution < 1.29 is 9.23 Å². The number of hydrogen-bond acceptors (Lipinski definition) is 2. The molecule has 0 spiro atoms. The second kappa shape index (κ2) is 3.69. The predicted molar refractivity (Wildman–Crippen MR) is 44.7 cm³/mol. The van der Waals surface area contributed by atoms with Crippen LogP contribution in [-0.2, 0) is 4.84 Å². The third-order valence-corrected chi connectivity index (χ3v) is 1.80. The predicted octanol–water partition coefficient (Wildman–Crippen LogP) is 2.56. The van der Waals surface area contributed by atoms with Gasteiger partial charge in [0.25, 0.3) is 0 Å². The summed E-state index contributed by atoms with van der Waals surface area (Å²) in [6, 6.07) is 4.30. The van der Waals surface area contributed by atoms with Gasteiger partial charge in [-0.05, 0) is 34.1 Å². The molecule has 4 heteroatoms. The third kappa shape index (κ3) is 2.17. The van der Waals surface area contributed by atoms with E-state index < -0.39 is 0 Å². The Balaban J connectivity index is 2.90. The van der Waals surface area contributed by atoms with Crippen molar-refractivity contribution >= 4 is 21.6 Å². The number of anilines is 1. The van der Waals surface area contributed by atoms with Gasteiger partial charge in [-0.1, -0.05) is 0 Å². The van der Waals surface area contributed by atoms with Crippen molar-refractivity contribution in [3.8, 4) is 0 Å². The van der Waals surface area contributed by atoms with Crippen LogP contribution in [0.15, 0.2) is 22.7 Å². The molecule has 0 aliphatic rings. The van der Waals surface area contributed by atoms with Crippen molar-refractivity contribution in [2.45, 2.75) is 0 Å². The van der Waals surface area contributed by atoms with Gasteiger partial charge in [0.15, 0.2) is 0 Å².